The van der Waals surface area contributed by atoms with Crippen LogP contribution in [0.2, 0.25) is 0 Å². The molecular formula is C16H23N3O. The molecule has 0 aromatic heterocycles. The summed E-state index contributed by atoms with van der Waals surface area (Å²) in [5.41, 5.74) is 2.71. The van der Waals surface area contributed by atoms with Gasteiger partial charge in [0.15, 0.2) is 0 Å². The lowest BCUT2D eigenvalue weighted by atomic mass is 10.00. The summed E-state index contributed by atoms with van der Waals surface area (Å²) in [5, 5.41) is 3.38. The van der Waals surface area contributed by atoms with Gasteiger partial charge in [-0.15, -0.1) is 0 Å². The fourth-order valence-electron chi connectivity index (χ4n) is 3.06. The molecule has 2 aliphatic rings. The van der Waals surface area contributed by atoms with Gasteiger partial charge in [0, 0.05) is 26.2 Å². The predicted octanol–water partition coefficient (Wildman–Crippen LogP) is 0.867. The number of fused-ring (bicyclic) bond motifs is 1. The van der Waals surface area contributed by atoms with E-state index in [1.807, 2.05) is 4.90 Å². The van der Waals surface area contributed by atoms with E-state index in [1.54, 1.807) is 0 Å². The van der Waals surface area contributed by atoms with Gasteiger partial charge in [0.2, 0.25) is 5.91 Å². The second-order valence-corrected chi connectivity index (χ2v) is 5.71. The van der Waals surface area contributed by atoms with Gasteiger partial charge in [-0.2, -0.15) is 0 Å². The number of amides is 1. The predicted molar refractivity (Wildman–Crippen MR) is 79.5 cm³/mol. The van der Waals surface area contributed by atoms with Gasteiger partial charge in [-0.05, 0) is 37.1 Å². The summed E-state index contributed by atoms with van der Waals surface area (Å²) in [5.74, 6) is 0.279. The van der Waals surface area contributed by atoms with Crippen LogP contribution >= 0.6 is 0 Å². The van der Waals surface area contributed by atoms with Crippen molar-refractivity contribution in [2.24, 2.45) is 0 Å². The maximum Gasteiger partial charge on any atom is 0.237 e. The monoisotopic (exact) mass is 273 g/mol. The third kappa shape index (κ3) is 3.19. The number of hydrogen-bond acceptors (Lipinski definition) is 3. The standard InChI is InChI=1S/C16H23N3O/c20-16(13-18-9-3-7-17-8-11-18)19-10-6-14-4-1-2-5-15(14)12-19/h1-2,4-5,17H,3,6-13H2. The molecule has 2 heterocycles. The lowest BCUT2D eigenvalue weighted by molar-refractivity contribution is -0.133. The van der Waals surface area contributed by atoms with Gasteiger partial charge in [0.05, 0.1) is 6.54 Å². The van der Waals surface area contributed by atoms with Gasteiger partial charge in [-0.1, -0.05) is 24.3 Å². The van der Waals surface area contributed by atoms with Crippen LogP contribution in [0.4, 0.5) is 0 Å². The van der Waals surface area contributed by atoms with Gasteiger partial charge < -0.3 is 10.2 Å². The Hall–Kier alpha value is -1.39. The van der Waals surface area contributed by atoms with Crippen molar-refractivity contribution in [1.82, 2.24) is 15.1 Å². The minimum atomic E-state index is 0.279. The minimum Gasteiger partial charge on any atom is -0.337 e. The summed E-state index contributed by atoms with van der Waals surface area (Å²) >= 11 is 0. The number of nitrogens with zero attached hydrogens (tertiary/aromatic N) is 2. The largest absolute Gasteiger partial charge is 0.337 e. The van der Waals surface area contributed by atoms with E-state index in [9.17, 15) is 4.79 Å². The van der Waals surface area contributed by atoms with E-state index in [2.05, 4.69) is 34.5 Å². The Morgan fingerprint density at radius 3 is 2.85 bits per heavy atom. The highest BCUT2D eigenvalue weighted by atomic mass is 16.2. The molecule has 1 aromatic rings. The zero-order chi connectivity index (χ0) is 13.8. The average molecular weight is 273 g/mol. The van der Waals surface area contributed by atoms with Crippen LogP contribution in [0.5, 0.6) is 0 Å². The van der Waals surface area contributed by atoms with Crippen molar-refractivity contribution in [3.05, 3.63) is 35.4 Å². The first-order valence-corrected chi connectivity index (χ1v) is 7.60. The van der Waals surface area contributed by atoms with Gasteiger partial charge in [0.25, 0.3) is 0 Å². The number of carbonyl (C=O) groups excluding carboxylic acids is 1. The molecule has 0 unspecified atom stereocenters. The van der Waals surface area contributed by atoms with Crippen molar-refractivity contribution in [2.75, 3.05) is 39.3 Å². The molecule has 0 saturated carbocycles. The number of benzene rings is 1. The molecule has 1 amide bonds. The smallest absolute Gasteiger partial charge is 0.237 e. The lowest BCUT2D eigenvalue weighted by Crippen LogP contribution is -2.43. The zero-order valence-electron chi connectivity index (χ0n) is 12.0. The van der Waals surface area contributed by atoms with Crippen LogP contribution in [0.25, 0.3) is 0 Å². The Kier molecular flexibility index (Phi) is 4.33. The van der Waals surface area contributed by atoms with Gasteiger partial charge >= 0.3 is 0 Å². The molecule has 0 bridgehead atoms. The summed E-state index contributed by atoms with van der Waals surface area (Å²) < 4.78 is 0. The molecule has 4 heteroatoms. The van der Waals surface area contributed by atoms with Gasteiger partial charge in [-0.25, -0.2) is 0 Å². The molecule has 0 spiro atoms. The van der Waals surface area contributed by atoms with Crippen molar-refractivity contribution in [3.8, 4) is 0 Å². The molecule has 2 aliphatic heterocycles. The molecule has 4 nitrogen and oxygen atoms in total. The van der Waals surface area contributed by atoms with Crippen LogP contribution in [-0.4, -0.2) is 55.0 Å². The van der Waals surface area contributed by atoms with Crippen molar-refractivity contribution in [1.29, 1.82) is 0 Å². The van der Waals surface area contributed by atoms with E-state index in [1.165, 1.54) is 11.1 Å². The summed E-state index contributed by atoms with van der Waals surface area (Å²) in [6, 6.07) is 8.47. The number of carbonyl (C=O) groups is 1. The highest BCUT2D eigenvalue weighted by Gasteiger charge is 2.22. The Balaban J connectivity index is 1.58. The van der Waals surface area contributed by atoms with Crippen LogP contribution in [0.1, 0.15) is 17.5 Å². The van der Waals surface area contributed by atoms with E-state index in [0.29, 0.717) is 6.54 Å². The molecule has 0 radical (unpaired) electrons. The van der Waals surface area contributed by atoms with Crippen molar-refractivity contribution < 1.29 is 4.79 Å². The van der Waals surface area contributed by atoms with Crippen LogP contribution in [0.3, 0.4) is 0 Å². The number of nitrogens with one attached hydrogen (secondary N) is 1. The maximum absolute atomic E-state index is 12.5. The van der Waals surface area contributed by atoms with Gasteiger partial charge in [-0.3, -0.25) is 9.69 Å². The quantitative estimate of drug-likeness (QED) is 0.868. The molecule has 0 atom stereocenters. The summed E-state index contributed by atoms with van der Waals surface area (Å²) in [6.07, 6.45) is 2.12. The summed E-state index contributed by atoms with van der Waals surface area (Å²) in [6.45, 7) is 6.30. The highest BCUT2D eigenvalue weighted by molar-refractivity contribution is 5.78. The molecule has 1 aromatic carbocycles. The van der Waals surface area contributed by atoms with E-state index in [-0.39, 0.29) is 5.91 Å². The summed E-state index contributed by atoms with van der Waals surface area (Å²) in [4.78, 5) is 16.7. The number of hydrogen-bond donors (Lipinski definition) is 1. The molecule has 1 N–H and O–H groups in total. The Labute approximate surface area is 120 Å². The third-order valence-electron chi connectivity index (χ3n) is 4.27. The minimum absolute atomic E-state index is 0.279. The molecule has 108 valence electrons. The molecule has 20 heavy (non-hydrogen) atoms. The van der Waals surface area contributed by atoms with E-state index in [0.717, 1.165) is 52.1 Å². The zero-order valence-corrected chi connectivity index (χ0v) is 12.0. The van der Waals surface area contributed by atoms with Crippen LogP contribution < -0.4 is 5.32 Å². The molecule has 1 fully saturated rings. The van der Waals surface area contributed by atoms with Gasteiger partial charge in [0.1, 0.15) is 0 Å². The topological polar surface area (TPSA) is 35.6 Å². The van der Waals surface area contributed by atoms with Crippen LogP contribution in [-0.2, 0) is 17.8 Å². The Morgan fingerprint density at radius 2 is 1.95 bits per heavy atom. The lowest BCUT2D eigenvalue weighted by Gasteiger charge is -2.31. The van der Waals surface area contributed by atoms with E-state index in [4.69, 9.17) is 0 Å². The van der Waals surface area contributed by atoms with E-state index < -0.39 is 0 Å². The van der Waals surface area contributed by atoms with Crippen molar-refractivity contribution >= 4 is 5.91 Å². The first-order valence-electron chi connectivity index (χ1n) is 7.60. The SMILES string of the molecule is O=C(CN1CCCNCC1)N1CCc2ccccc2C1. The normalized spacial score (nSPS) is 20.3. The molecular weight excluding hydrogens is 250 g/mol. The second kappa shape index (κ2) is 6.37. The molecule has 1 saturated heterocycles. The first-order chi connectivity index (χ1) is 9.83. The Bertz CT molecular complexity index is 467. The second-order valence-electron chi connectivity index (χ2n) is 5.71. The maximum atomic E-state index is 12.5. The fourth-order valence-corrected chi connectivity index (χ4v) is 3.06. The van der Waals surface area contributed by atoms with E-state index >= 15 is 0 Å². The fraction of sp³-hybridized carbons (Fsp3) is 0.562. The third-order valence-corrected chi connectivity index (χ3v) is 4.27. The highest BCUT2D eigenvalue weighted by Crippen LogP contribution is 2.18. The first kappa shape index (κ1) is 13.6. The van der Waals surface area contributed by atoms with Crippen LogP contribution in [0.15, 0.2) is 24.3 Å². The van der Waals surface area contributed by atoms with Crippen molar-refractivity contribution in [2.45, 2.75) is 19.4 Å². The summed E-state index contributed by atoms with van der Waals surface area (Å²) in [7, 11) is 0. The Morgan fingerprint density at radius 1 is 1.10 bits per heavy atom. The molecule has 3 rings (SSSR count). The van der Waals surface area contributed by atoms with Crippen molar-refractivity contribution in [3.63, 3.8) is 0 Å². The number of rotatable bonds is 2. The average Bonchev–Trinajstić information content (AvgIpc) is 2.75. The molecule has 0 aliphatic carbocycles. The van der Waals surface area contributed by atoms with Crippen LogP contribution in [0, 0.1) is 0 Å².